The van der Waals surface area contributed by atoms with E-state index in [4.69, 9.17) is 0 Å². The van der Waals surface area contributed by atoms with Gasteiger partial charge in [-0.25, -0.2) is 4.98 Å². The molecule has 1 aliphatic rings. The van der Waals surface area contributed by atoms with Crippen LogP contribution in [0, 0.1) is 12.3 Å². The second kappa shape index (κ2) is 9.19. The smallest absolute Gasteiger partial charge is 0.227 e. The Balaban J connectivity index is 0.00000288. The van der Waals surface area contributed by atoms with Gasteiger partial charge in [0.05, 0.1) is 0 Å². The van der Waals surface area contributed by atoms with Gasteiger partial charge in [0.25, 0.3) is 0 Å². The van der Waals surface area contributed by atoms with Gasteiger partial charge in [-0.05, 0) is 30.9 Å². The summed E-state index contributed by atoms with van der Waals surface area (Å²) in [4.78, 5) is 22.8. The fraction of sp³-hybridized carbons (Fsp3) is 0.588. The highest BCUT2D eigenvalue weighted by atomic mass is 127. The molecule has 1 aromatic rings. The largest absolute Gasteiger partial charge is 0.356 e. The maximum atomic E-state index is 12.0. The van der Waals surface area contributed by atoms with Crippen LogP contribution < -0.4 is 10.6 Å². The first kappa shape index (κ1) is 20.7. The average Bonchev–Trinajstić information content (AvgIpc) is 2.83. The number of carbonyl (C=O) groups is 1. The van der Waals surface area contributed by atoms with Gasteiger partial charge in [-0.1, -0.05) is 19.9 Å². The number of hydrogen-bond donors (Lipinski definition) is 2. The fourth-order valence-electron chi connectivity index (χ4n) is 2.73. The summed E-state index contributed by atoms with van der Waals surface area (Å²) in [5.74, 6) is 1.42. The van der Waals surface area contributed by atoms with Crippen molar-refractivity contribution in [2.24, 2.45) is 10.4 Å². The van der Waals surface area contributed by atoms with Crippen molar-refractivity contribution in [3.63, 3.8) is 0 Å². The first-order chi connectivity index (χ1) is 10.9. The number of aliphatic imine (C=N–C) groups is 1. The SMILES string of the molecule is CN=C(NCCC(=O)Nc1cccc(C)n1)N1CCC(C)(C)C1.I. The van der Waals surface area contributed by atoms with Gasteiger partial charge in [-0.3, -0.25) is 9.79 Å². The Kier molecular flexibility index (Phi) is 7.92. The number of hydrogen-bond acceptors (Lipinski definition) is 3. The Morgan fingerprint density at radius 3 is 2.75 bits per heavy atom. The minimum Gasteiger partial charge on any atom is -0.356 e. The number of carbonyl (C=O) groups excluding carboxylic acids is 1. The molecule has 0 atom stereocenters. The van der Waals surface area contributed by atoms with Crippen LogP contribution in [0.3, 0.4) is 0 Å². The average molecular weight is 445 g/mol. The highest BCUT2D eigenvalue weighted by Crippen LogP contribution is 2.28. The molecule has 134 valence electrons. The summed E-state index contributed by atoms with van der Waals surface area (Å²) in [5, 5.41) is 6.09. The number of aryl methyl sites for hydroxylation is 1. The molecule has 7 heteroatoms. The molecular formula is C17H28IN5O. The number of halogens is 1. The van der Waals surface area contributed by atoms with Crippen LogP contribution >= 0.6 is 24.0 Å². The molecule has 1 aliphatic heterocycles. The first-order valence-corrected chi connectivity index (χ1v) is 8.09. The van der Waals surface area contributed by atoms with Gasteiger partial charge >= 0.3 is 0 Å². The molecule has 0 unspecified atom stereocenters. The van der Waals surface area contributed by atoms with Crippen molar-refractivity contribution in [1.29, 1.82) is 0 Å². The van der Waals surface area contributed by atoms with Gasteiger partial charge in [-0.15, -0.1) is 24.0 Å². The quantitative estimate of drug-likeness (QED) is 0.425. The second-order valence-corrected chi connectivity index (χ2v) is 6.77. The highest BCUT2D eigenvalue weighted by molar-refractivity contribution is 14.0. The Morgan fingerprint density at radius 2 is 2.17 bits per heavy atom. The monoisotopic (exact) mass is 445 g/mol. The number of aromatic nitrogens is 1. The second-order valence-electron chi connectivity index (χ2n) is 6.77. The number of anilines is 1. The van der Waals surface area contributed by atoms with E-state index >= 15 is 0 Å². The zero-order chi connectivity index (χ0) is 16.9. The molecule has 2 rings (SSSR count). The fourth-order valence-corrected chi connectivity index (χ4v) is 2.73. The van der Waals surface area contributed by atoms with Crippen molar-refractivity contribution in [1.82, 2.24) is 15.2 Å². The van der Waals surface area contributed by atoms with Crippen LogP contribution in [0.1, 0.15) is 32.4 Å². The van der Waals surface area contributed by atoms with E-state index in [9.17, 15) is 4.79 Å². The van der Waals surface area contributed by atoms with Crippen molar-refractivity contribution in [3.8, 4) is 0 Å². The van der Waals surface area contributed by atoms with Gasteiger partial charge in [0.1, 0.15) is 5.82 Å². The van der Waals surface area contributed by atoms with E-state index < -0.39 is 0 Å². The van der Waals surface area contributed by atoms with Crippen molar-refractivity contribution < 1.29 is 4.79 Å². The first-order valence-electron chi connectivity index (χ1n) is 8.09. The lowest BCUT2D eigenvalue weighted by atomic mass is 9.93. The lowest BCUT2D eigenvalue weighted by Gasteiger charge is -2.23. The van der Waals surface area contributed by atoms with E-state index in [0.29, 0.717) is 24.2 Å². The third kappa shape index (κ3) is 6.26. The third-order valence-corrected chi connectivity index (χ3v) is 3.98. The van der Waals surface area contributed by atoms with Gasteiger partial charge < -0.3 is 15.5 Å². The lowest BCUT2D eigenvalue weighted by molar-refractivity contribution is -0.116. The van der Waals surface area contributed by atoms with Crippen LogP contribution in [0.15, 0.2) is 23.2 Å². The van der Waals surface area contributed by atoms with E-state index in [1.165, 1.54) is 0 Å². The summed E-state index contributed by atoms with van der Waals surface area (Å²) in [5.41, 5.74) is 1.21. The van der Waals surface area contributed by atoms with E-state index in [1.54, 1.807) is 13.1 Å². The molecule has 1 fully saturated rings. The Bertz CT molecular complexity index is 588. The predicted octanol–water partition coefficient (Wildman–Crippen LogP) is 2.64. The molecule has 24 heavy (non-hydrogen) atoms. The van der Waals surface area contributed by atoms with Crippen molar-refractivity contribution in [2.75, 3.05) is 32.0 Å². The zero-order valence-corrected chi connectivity index (χ0v) is 17.3. The molecular weight excluding hydrogens is 417 g/mol. The molecule has 2 N–H and O–H groups in total. The normalized spacial score (nSPS) is 16.5. The number of guanidine groups is 1. The standard InChI is InChI=1S/C17H27N5O.HI/c1-13-6-5-7-14(20-13)21-15(23)8-10-19-16(18-4)22-11-9-17(2,3)12-22;/h5-7H,8-12H2,1-4H3,(H,18,19)(H,20,21,23);1H. The number of nitrogens with zero attached hydrogens (tertiary/aromatic N) is 3. The molecule has 2 heterocycles. The molecule has 6 nitrogen and oxygen atoms in total. The molecule has 1 saturated heterocycles. The molecule has 0 radical (unpaired) electrons. The van der Waals surface area contributed by atoms with Crippen molar-refractivity contribution >= 4 is 41.7 Å². The number of pyridine rings is 1. The molecule has 0 aliphatic carbocycles. The number of nitrogens with one attached hydrogen (secondary N) is 2. The minimum absolute atomic E-state index is 0. The molecule has 0 bridgehead atoms. The zero-order valence-electron chi connectivity index (χ0n) is 14.9. The van der Waals surface area contributed by atoms with Gasteiger partial charge in [0.15, 0.2) is 5.96 Å². The number of rotatable bonds is 4. The molecule has 0 saturated carbocycles. The third-order valence-electron chi connectivity index (χ3n) is 3.98. The van der Waals surface area contributed by atoms with E-state index in [2.05, 4.69) is 39.4 Å². The van der Waals surface area contributed by atoms with E-state index in [1.807, 2.05) is 19.1 Å². The summed E-state index contributed by atoms with van der Waals surface area (Å²) >= 11 is 0. The van der Waals surface area contributed by atoms with Crippen LogP contribution in [-0.2, 0) is 4.79 Å². The number of likely N-dealkylation sites (tertiary alicyclic amines) is 1. The van der Waals surface area contributed by atoms with Crippen LogP contribution in [0.25, 0.3) is 0 Å². The summed E-state index contributed by atoms with van der Waals surface area (Å²) in [7, 11) is 1.78. The van der Waals surface area contributed by atoms with Crippen LogP contribution in [0.4, 0.5) is 5.82 Å². The topological polar surface area (TPSA) is 69.6 Å². The highest BCUT2D eigenvalue weighted by Gasteiger charge is 2.30. The van der Waals surface area contributed by atoms with Crippen LogP contribution in [-0.4, -0.2) is 48.4 Å². The molecule has 0 spiro atoms. The maximum absolute atomic E-state index is 12.0. The number of amides is 1. The van der Waals surface area contributed by atoms with Crippen molar-refractivity contribution in [3.05, 3.63) is 23.9 Å². The Morgan fingerprint density at radius 1 is 1.42 bits per heavy atom. The Labute approximate surface area is 161 Å². The van der Waals surface area contributed by atoms with Gasteiger partial charge in [0.2, 0.25) is 5.91 Å². The van der Waals surface area contributed by atoms with Gasteiger partial charge in [0, 0.05) is 38.8 Å². The minimum atomic E-state index is -0.0483. The summed E-state index contributed by atoms with van der Waals surface area (Å²) in [6.07, 6.45) is 1.54. The summed E-state index contributed by atoms with van der Waals surface area (Å²) < 4.78 is 0. The lowest BCUT2D eigenvalue weighted by Crippen LogP contribution is -2.41. The summed E-state index contributed by atoms with van der Waals surface area (Å²) in [6, 6.07) is 5.58. The van der Waals surface area contributed by atoms with E-state index in [0.717, 1.165) is 31.2 Å². The summed E-state index contributed by atoms with van der Waals surface area (Å²) in [6.45, 7) is 8.99. The van der Waals surface area contributed by atoms with Crippen LogP contribution in [0.2, 0.25) is 0 Å². The Hall–Kier alpha value is -1.38. The molecule has 1 amide bonds. The van der Waals surface area contributed by atoms with Gasteiger partial charge in [-0.2, -0.15) is 0 Å². The molecule has 1 aromatic heterocycles. The predicted molar refractivity (Wildman–Crippen MR) is 109 cm³/mol. The van der Waals surface area contributed by atoms with Crippen LogP contribution in [0.5, 0.6) is 0 Å². The molecule has 0 aromatic carbocycles. The van der Waals surface area contributed by atoms with Crippen molar-refractivity contribution in [2.45, 2.75) is 33.6 Å². The maximum Gasteiger partial charge on any atom is 0.227 e. The van der Waals surface area contributed by atoms with E-state index in [-0.39, 0.29) is 29.9 Å².